The van der Waals surface area contributed by atoms with Crippen LogP contribution in [0.3, 0.4) is 0 Å². The largest absolute Gasteiger partial charge is 0.481 e. The molecule has 0 unspecified atom stereocenters. The van der Waals surface area contributed by atoms with Gasteiger partial charge in [-0.1, -0.05) is 69.6 Å². The van der Waals surface area contributed by atoms with E-state index in [4.69, 9.17) is 5.11 Å². The third kappa shape index (κ3) is 11.2. The van der Waals surface area contributed by atoms with Crippen LogP contribution in [0.2, 0.25) is 0 Å². The van der Waals surface area contributed by atoms with Crippen molar-refractivity contribution in [3.8, 4) is 0 Å². The molecule has 0 atom stereocenters. The van der Waals surface area contributed by atoms with Gasteiger partial charge in [-0.25, -0.2) is 0 Å². The molecule has 0 bridgehead atoms. The Bertz CT molecular complexity index is 378. The van der Waals surface area contributed by atoms with E-state index in [1.54, 1.807) is 0 Å². The molecule has 0 fully saturated rings. The Balaban J connectivity index is 1.76. The number of para-hydroxylation sites is 1. The number of aliphatic carboxylic acids is 1. The number of hydrogen-bond donors (Lipinski definition) is 2. The number of carboxylic acid groups (broad SMARTS) is 1. The van der Waals surface area contributed by atoms with Gasteiger partial charge in [0.1, 0.15) is 0 Å². The zero-order chi connectivity index (χ0) is 15.9. The first-order chi connectivity index (χ1) is 10.8. The highest BCUT2D eigenvalue weighted by Crippen LogP contribution is 2.12. The Labute approximate surface area is 135 Å². The van der Waals surface area contributed by atoms with Crippen molar-refractivity contribution in [3.05, 3.63) is 30.3 Å². The van der Waals surface area contributed by atoms with E-state index in [0.717, 1.165) is 19.4 Å². The van der Waals surface area contributed by atoms with Crippen LogP contribution in [0.15, 0.2) is 30.3 Å². The predicted molar refractivity (Wildman–Crippen MR) is 93.4 cm³/mol. The fourth-order valence-electron chi connectivity index (χ4n) is 2.60. The van der Waals surface area contributed by atoms with Crippen LogP contribution in [0.4, 0.5) is 5.69 Å². The van der Waals surface area contributed by atoms with Crippen LogP contribution < -0.4 is 5.32 Å². The van der Waals surface area contributed by atoms with E-state index in [1.165, 1.54) is 57.1 Å². The molecule has 0 amide bonds. The number of anilines is 1. The number of nitrogens with one attached hydrogen (secondary N) is 1. The van der Waals surface area contributed by atoms with E-state index in [-0.39, 0.29) is 0 Å². The predicted octanol–water partition coefficient (Wildman–Crippen LogP) is 5.47. The SMILES string of the molecule is O=C(O)CCCCCCCCCCCCNc1ccccc1. The first-order valence-corrected chi connectivity index (χ1v) is 8.80. The Morgan fingerprint density at radius 3 is 1.82 bits per heavy atom. The Morgan fingerprint density at radius 1 is 0.773 bits per heavy atom. The first kappa shape index (κ1) is 18.5. The van der Waals surface area contributed by atoms with Gasteiger partial charge in [0.2, 0.25) is 0 Å². The molecule has 2 N–H and O–H groups in total. The molecule has 0 saturated heterocycles. The number of rotatable bonds is 14. The molecule has 0 aliphatic rings. The summed E-state index contributed by atoms with van der Waals surface area (Å²) in [6, 6.07) is 10.4. The van der Waals surface area contributed by atoms with Gasteiger partial charge in [-0.3, -0.25) is 4.79 Å². The second-order valence-corrected chi connectivity index (χ2v) is 5.97. The third-order valence-corrected chi connectivity index (χ3v) is 3.92. The molecule has 1 aromatic rings. The van der Waals surface area contributed by atoms with Crippen molar-refractivity contribution in [2.75, 3.05) is 11.9 Å². The lowest BCUT2D eigenvalue weighted by molar-refractivity contribution is -0.137. The van der Waals surface area contributed by atoms with Gasteiger partial charge in [-0.2, -0.15) is 0 Å². The highest BCUT2D eigenvalue weighted by molar-refractivity contribution is 5.66. The summed E-state index contributed by atoms with van der Waals surface area (Å²) >= 11 is 0. The maximum absolute atomic E-state index is 10.4. The summed E-state index contributed by atoms with van der Waals surface area (Å²) in [5, 5.41) is 12.0. The van der Waals surface area contributed by atoms with Crippen molar-refractivity contribution in [2.24, 2.45) is 0 Å². The lowest BCUT2D eigenvalue weighted by Gasteiger charge is -2.06. The maximum Gasteiger partial charge on any atom is 0.303 e. The first-order valence-electron chi connectivity index (χ1n) is 8.80. The van der Waals surface area contributed by atoms with E-state index < -0.39 is 5.97 Å². The van der Waals surface area contributed by atoms with Gasteiger partial charge in [-0.15, -0.1) is 0 Å². The maximum atomic E-state index is 10.4. The van der Waals surface area contributed by atoms with E-state index in [0.29, 0.717) is 6.42 Å². The van der Waals surface area contributed by atoms with E-state index in [2.05, 4.69) is 29.6 Å². The molecular weight excluding hydrogens is 274 g/mol. The molecule has 0 saturated carbocycles. The smallest absolute Gasteiger partial charge is 0.303 e. The summed E-state index contributed by atoms with van der Waals surface area (Å²) in [7, 11) is 0. The molecule has 0 aliphatic heterocycles. The number of benzene rings is 1. The molecule has 124 valence electrons. The fourth-order valence-corrected chi connectivity index (χ4v) is 2.60. The van der Waals surface area contributed by atoms with Crippen LogP contribution >= 0.6 is 0 Å². The fraction of sp³-hybridized carbons (Fsp3) is 0.632. The van der Waals surface area contributed by atoms with Gasteiger partial charge >= 0.3 is 5.97 Å². The zero-order valence-electron chi connectivity index (χ0n) is 13.7. The van der Waals surface area contributed by atoms with E-state index in [9.17, 15) is 4.79 Å². The quantitative estimate of drug-likeness (QED) is 0.448. The summed E-state index contributed by atoms with van der Waals surface area (Å²) in [6.07, 6.45) is 12.5. The summed E-state index contributed by atoms with van der Waals surface area (Å²) in [6.45, 7) is 1.06. The standard InChI is InChI=1S/C19H31NO2/c21-19(22)16-12-7-5-3-1-2-4-6-8-13-17-20-18-14-10-9-11-15-18/h9-11,14-15,20H,1-8,12-13,16-17H2,(H,21,22). The van der Waals surface area contributed by atoms with Gasteiger partial charge in [0.15, 0.2) is 0 Å². The van der Waals surface area contributed by atoms with Gasteiger partial charge in [0.25, 0.3) is 0 Å². The van der Waals surface area contributed by atoms with Crippen LogP contribution in [0.5, 0.6) is 0 Å². The Kier molecular flexibility index (Phi) is 11.1. The van der Waals surface area contributed by atoms with Crippen molar-refractivity contribution >= 4 is 11.7 Å². The van der Waals surface area contributed by atoms with Gasteiger partial charge in [0.05, 0.1) is 0 Å². The van der Waals surface area contributed by atoms with Crippen molar-refractivity contribution in [1.29, 1.82) is 0 Å². The van der Waals surface area contributed by atoms with E-state index in [1.807, 2.05) is 6.07 Å². The number of carbonyl (C=O) groups is 1. The lowest BCUT2D eigenvalue weighted by Crippen LogP contribution is -2.00. The molecule has 0 aliphatic carbocycles. The molecule has 3 nitrogen and oxygen atoms in total. The Hall–Kier alpha value is -1.51. The average Bonchev–Trinajstić information content (AvgIpc) is 2.52. The molecule has 3 heteroatoms. The van der Waals surface area contributed by atoms with Crippen LogP contribution in [0, 0.1) is 0 Å². The molecule has 0 spiro atoms. The summed E-state index contributed by atoms with van der Waals surface area (Å²) in [5.41, 5.74) is 1.21. The summed E-state index contributed by atoms with van der Waals surface area (Å²) < 4.78 is 0. The van der Waals surface area contributed by atoms with Crippen LogP contribution in [-0.4, -0.2) is 17.6 Å². The summed E-state index contributed by atoms with van der Waals surface area (Å²) in [5.74, 6) is -0.665. The molecular formula is C19H31NO2. The van der Waals surface area contributed by atoms with Crippen LogP contribution in [-0.2, 0) is 4.79 Å². The van der Waals surface area contributed by atoms with Crippen LogP contribution in [0.1, 0.15) is 70.6 Å². The third-order valence-electron chi connectivity index (χ3n) is 3.92. The number of unbranched alkanes of at least 4 members (excludes halogenated alkanes) is 9. The average molecular weight is 305 g/mol. The minimum atomic E-state index is -0.665. The van der Waals surface area contributed by atoms with Gasteiger partial charge in [-0.05, 0) is 25.0 Å². The second-order valence-electron chi connectivity index (χ2n) is 5.97. The van der Waals surface area contributed by atoms with Crippen molar-refractivity contribution in [1.82, 2.24) is 0 Å². The minimum Gasteiger partial charge on any atom is -0.481 e. The van der Waals surface area contributed by atoms with Gasteiger partial charge < -0.3 is 10.4 Å². The number of carboxylic acids is 1. The molecule has 22 heavy (non-hydrogen) atoms. The monoisotopic (exact) mass is 305 g/mol. The van der Waals surface area contributed by atoms with Gasteiger partial charge in [0, 0.05) is 18.7 Å². The van der Waals surface area contributed by atoms with Crippen molar-refractivity contribution in [3.63, 3.8) is 0 Å². The highest BCUT2D eigenvalue weighted by Gasteiger charge is 1.97. The Morgan fingerprint density at radius 2 is 1.27 bits per heavy atom. The molecule has 1 aromatic carbocycles. The number of hydrogen-bond acceptors (Lipinski definition) is 2. The van der Waals surface area contributed by atoms with Crippen molar-refractivity contribution in [2.45, 2.75) is 70.6 Å². The normalized spacial score (nSPS) is 10.5. The van der Waals surface area contributed by atoms with Crippen molar-refractivity contribution < 1.29 is 9.90 Å². The molecule has 1 rings (SSSR count). The zero-order valence-corrected chi connectivity index (χ0v) is 13.7. The lowest BCUT2D eigenvalue weighted by atomic mass is 10.1. The second kappa shape index (κ2) is 13.2. The van der Waals surface area contributed by atoms with E-state index >= 15 is 0 Å². The summed E-state index contributed by atoms with van der Waals surface area (Å²) in [4.78, 5) is 10.4. The minimum absolute atomic E-state index is 0.330. The molecule has 0 radical (unpaired) electrons. The topological polar surface area (TPSA) is 49.3 Å². The van der Waals surface area contributed by atoms with Crippen LogP contribution in [0.25, 0.3) is 0 Å². The molecule has 0 heterocycles. The molecule has 0 aromatic heterocycles. The highest BCUT2D eigenvalue weighted by atomic mass is 16.4.